The highest BCUT2D eigenvalue weighted by atomic mass is 32.2. The van der Waals surface area contributed by atoms with Crippen LogP contribution < -0.4 is 4.72 Å². The lowest BCUT2D eigenvalue weighted by molar-refractivity contribution is 0.601. The van der Waals surface area contributed by atoms with Gasteiger partial charge in [-0.25, -0.2) is 8.42 Å². The van der Waals surface area contributed by atoms with Gasteiger partial charge >= 0.3 is 0 Å². The van der Waals surface area contributed by atoms with Crippen molar-refractivity contribution in [3.63, 3.8) is 0 Å². The minimum absolute atomic E-state index is 0.229. The number of aryl methyl sites for hydroxylation is 1. The predicted octanol–water partition coefficient (Wildman–Crippen LogP) is 2.89. The number of anilines is 1. The number of aromatic nitrogens is 2. The lowest BCUT2D eigenvalue weighted by Gasteiger charge is -2.11. The second kappa shape index (κ2) is 5.65. The molecule has 2 aromatic carbocycles. The molecule has 0 aliphatic carbocycles. The Labute approximate surface area is 129 Å². The molecule has 0 atom stereocenters. The summed E-state index contributed by atoms with van der Waals surface area (Å²) in [5, 5.41) is 4.05. The van der Waals surface area contributed by atoms with E-state index in [1.807, 2.05) is 36.4 Å². The van der Waals surface area contributed by atoms with E-state index in [4.69, 9.17) is 0 Å². The molecule has 0 radical (unpaired) electrons. The van der Waals surface area contributed by atoms with Gasteiger partial charge in [-0.15, -0.1) is 0 Å². The van der Waals surface area contributed by atoms with Crippen molar-refractivity contribution >= 4 is 15.8 Å². The second-order valence-corrected chi connectivity index (χ2v) is 6.49. The zero-order valence-electron chi connectivity index (χ0n) is 12.0. The Morgan fingerprint density at radius 2 is 1.64 bits per heavy atom. The Kier molecular flexibility index (Phi) is 3.68. The summed E-state index contributed by atoms with van der Waals surface area (Å²) in [5.41, 5.74) is 1.51. The van der Waals surface area contributed by atoms with Crippen molar-refractivity contribution in [2.24, 2.45) is 7.05 Å². The SMILES string of the molecule is Cn1ccc(NS(=O)(=O)c2ccccc2-c2ccccc2)n1. The molecule has 6 heteroatoms. The van der Waals surface area contributed by atoms with Gasteiger partial charge in [-0.3, -0.25) is 9.40 Å². The van der Waals surface area contributed by atoms with Crippen molar-refractivity contribution in [2.45, 2.75) is 4.90 Å². The fraction of sp³-hybridized carbons (Fsp3) is 0.0625. The molecule has 22 heavy (non-hydrogen) atoms. The Bertz CT molecular complexity index is 887. The van der Waals surface area contributed by atoms with Gasteiger partial charge in [0.2, 0.25) is 0 Å². The van der Waals surface area contributed by atoms with Crippen LogP contribution in [0.15, 0.2) is 71.8 Å². The molecule has 5 nitrogen and oxygen atoms in total. The molecule has 112 valence electrons. The molecule has 0 saturated carbocycles. The summed E-state index contributed by atoms with van der Waals surface area (Å²) in [7, 11) is -1.97. The highest BCUT2D eigenvalue weighted by Gasteiger charge is 2.19. The van der Waals surface area contributed by atoms with Gasteiger partial charge in [0.05, 0.1) is 4.90 Å². The normalized spacial score (nSPS) is 11.3. The molecule has 0 aliphatic rings. The highest BCUT2D eigenvalue weighted by molar-refractivity contribution is 7.92. The Morgan fingerprint density at radius 3 is 2.32 bits per heavy atom. The smallest absolute Gasteiger partial charge is 0.263 e. The molecule has 0 aliphatic heterocycles. The maximum absolute atomic E-state index is 12.6. The van der Waals surface area contributed by atoms with Crippen molar-refractivity contribution in [1.29, 1.82) is 0 Å². The minimum atomic E-state index is -3.70. The third kappa shape index (κ3) is 2.87. The van der Waals surface area contributed by atoms with Gasteiger partial charge in [-0.05, 0) is 11.6 Å². The van der Waals surface area contributed by atoms with Crippen LogP contribution in [-0.2, 0) is 17.1 Å². The van der Waals surface area contributed by atoms with Crippen LogP contribution in [0, 0.1) is 0 Å². The van der Waals surface area contributed by atoms with Crippen molar-refractivity contribution < 1.29 is 8.42 Å². The van der Waals surface area contributed by atoms with E-state index in [-0.39, 0.29) is 4.90 Å². The van der Waals surface area contributed by atoms with Crippen LogP contribution in [0.2, 0.25) is 0 Å². The molecule has 3 aromatic rings. The first-order valence-electron chi connectivity index (χ1n) is 6.73. The monoisotopic (exact) mass is 313 g/mol. The molecule has 1 aromatic heterocycles. The van der Waals surface area contributed by atoms with Crippen molar-refractivity contribution in [3.05, 3.63) is 66.9 Å². The number of hydrogen-bond donors (Lipinski definition) is 1. The second-order valence-electron chi connectivity index (χ2n) is 4.84. The van der Waals surface area contributed by atoms with E-state index in [1.54, 1.807) is 42.2 Å². The number of nitrogens with one attached hydrogen (secondary N) is 1. The molecule has 0 spiro atoms. The average Bonchev–Trinajstić information content (AvgIpc) is 2.92. The van der Waals surface area contributed by atoms with Gasteiger partial charge in [-0.1, -0.05) is 48.5 Å². The van der Waals surface area contributed by atoms with Crippen molar-refractivity contribution in [1.82, 2.24) is 9.78 Å². The maximum atomic E-state index is 12.6. The fourth-order valence-corrected chi connectivity index (χ4v) is 3.45. The molecule has 3 rings (SSSR count). The molecule has 0 unspecified atom stereocenters. The zero-order chi connectivity index (χ0) is 15.6. The quantitative estimate of drug-likeness (QED) is 0.805. The number of hydrogen-bond acceptors (Lipinski definition) is 3. The molecule has 1 heterocycles. The molecule has 0 saturated heterocycles. The molecule has 0 amide bonds. The molecule has 0 fully saturated rings. The van der Waals surface area contributed by atoms with E-state index in [9.17, 15) is 8.42 Å². The first kappa shape index (κ1) is 14.3. The van der Waals surface area contributed by atoms with Gasteiger partial charge < -0.3 is 0 Å². The highest BCUT2D eigenvalue weighted by Crippen LogP contribution is 2.28. The van der Waals surface area contributed by atoms with E-state index in [0.717, 1.165) is 5.56 Å². The zero-order valence-corrected chi connectivity index (χ0v) is 12.8. The number of rotatable bonds is 4. The average molecular weight is 313 g/mol. The molecular formula is C16H15N3O2S. The Morgan fingerprint density at radius 1 is 0.955 bits per heavy atom. The van der Waals surface area contributed by atoms with Crippen LogP contribution in [-0.4, -0.2) is 18.2 Å². The molecular weight excluding hydrogens is 298 g/mol. The van der Waals surface area contributed by atoms with Crippen molar-refractivity contribution in [2.75, 3.05) is 4.72 Å². The summed E-state index contributed by atoms with van der Waals surface area (Å²) in [4.78, 5) is 0.229. The van der Waals surface area contributed by atoms with Gasteiger partial charge in [0, 0.05) is 24.9 Å². The minimum Gasteiger partial charge on any atom is -0.274 e. The number of sulfonamides is 1. The van der Waals surface area contributed by atoms with Crippen LogP contribution in [0.4, 0.5) is 5.82 Å². The summed E-state index contributed by atoms with van der Waals surface area (Å²) in [6, 6.07) is 18.0. The number of nitrogens with zero attached hydrogens (tertiary/aromatic N) is 2. The lowest BCUT2D eigenvalue weighted by Crippen LogP contribution is -2.14. The van der Waals surface area contributed by atoms with Crippen LogP contribution in [0.1, 0.15) is 0 Å². The third-order valence-corrected chi connectivity index (χ3v) is 4.63. The summed E-state index contributed by atoms with van der Waals surface area (Å²) in [6.45, 7) is 0. The van der Waals surface area contributed by atoms with Crippen LogP contribution in [0.3, 0.4) is 0 Å². The Hall–Kier alpha value is -2.60. The molecule has 0 bridgehead atoms. The first-order valence-corrected chi connectivity index (χ1v) is 8.21. The summed E-state index contributed by atoms with van der Waals surface area (Å²) < 4.78 is 29.3. The maximum Gasteiger partial charge on any atom is 0.263 e. The summed E-state index contributed by atoms with van der Waals surface area (Å²) in [6.07, 6.45) is 1.68. The summed E-state index contributed by atoms with van der Waals surface area (Å²) in [5.74, 6) is 0.297. The van der Waals surface area contributed by atoms with E-state index in [1.165, 1.54) is 0 Å². The lowest BCUT2D eigenvalue weighted by atomic mass is 10.1. The third-order valence-electron chi connectivity index (χ3n) is 3.21. The van der Waals surface area contributed by atoms with Gasteiger partial charge in [-0.2, -0.15) is 5.10 Å². The Balaban J connectivity index is 2.04. The van der Waals surface area contributed by atoms with E-state index < -0.39 is 10.0 Å². The van der Waals surface area contributed by atoms with Gasteiger partial charge in [0.15, 0.2) is 5.82 Å². The van der Waals surface area contributed by atoms with E-state index in [2.05, 4.69) is 9.82 Å². The summed E-state index contributed by atoms with van der Waals surface area (Å²) >= 11 is 0. The standard InChI is InChI=1S/C16H15N3O2S/c1-19-12-11-16(17-19)18-22(20,21)15-10-6-5-9-14(15)13-7-3-2-4-8-13/h2-12H,1H3,(H,17,18). The van der Waals surface area contributed by atoms with Crippen molar-refractivity contribution in [3.8, 4) is 11.1 Å². The van der Waals surface area contributed by atoms with Gasteiger partial charge in [0.25, 0.3) is 10.0 Å². The van der Waals surface area contributed by atoms with E-state index >= 15 is 0 Å². The van der Waals surface area contributed by atoms with Gasteiger partial charge in [0.1, 0.15) is 0 Å². The number of benzene rings is 2. The van der Waals surface area contributed by atoms with Crippen LogP contribution in [0.5, 0.6) is 0 Å². The first-order chi connectivity index (χ1) is 10.6. The van der Waals surface area contributed by atoms with Crippen LogP contribution >= 0.6 is 0 Å². The van der Waals surface area contributed by atoms with E-state index in [0.29, 0.717) is 11.4 Å². The topological polar surface area (TPSA) is 64.0 Å². The molecule has 1 N–H and O–H groups in total. The predicted molar refractivity (Wildman–Crippen MR) is 85.9 cm³/mol. The van der Waals surface area contributed by atoms with Crippen LogP contribution in [0.25, 0.3) is 11.1 Å². The fourth-order valence-electron chi connectivity index (χ4n) is 2.22. The largest absolute Gasteiger partial charge is 0.274 e.